The first kappa shape index (κ1) is 12.3. The van der Waals surface area contributed by atoms with E-state index in [-0.39, 0.29) is 11.7 Å². The molecule has 2 aliphatic heterocycles. The van der Waals surface area contributed by atoms with Crippen LogP contribution in [0.3, 0.4) is 0 Å². The van der Waals surface area contributed by atoms with Crippen LogP contribution in [-0.4, -0.2) is 18.1 Å². The summed E-state index contributed by atoms with van der Waals surface area (Å²) in [6, 6.07) is 15.3. The molecular formula is C17H14N2O2. The largest absolute Gasteiger partial charge is 0.455 e. The van der Waals surface area contributed by atoms with E-state index in [1.54, 1.807) is 6.07 Å². The Hall–Kier alpha value is -2.49. The summed E-state index contributed by atoms with van der Waals surface area (Å²) < 4.78 is 5.98. The number of Topliss-reactive ketones (excluding diaryl/α,β-unsaturated/α-hetero) is 1. The van der Waals surface area contributed by atoms with Crippen molar-refractivity contribution in [2.24, 2.45) is 10.2 Å². The van der Waals surface area contributed by atoms with E-state index in [2.05, 4.69) is 10.2 Å². The fourth-order valence-electron chi connectivity index (χ4n) is 3.15. The van der Waals surface area contributed by atoms with Gasteiger partial charge in [-0.2, -0.15) is 5.11 Å². The van der Waals surface area contributed by atoms with Gasteiger partial charge in [-0.15, -0.1) is 5.11 Å². The van der Waals surface area contributed by atoms with Crippen LogP contribution in [0, 0.1) is 6.92 Å². The minimum absolute atomic E-state index is 0.0902. The normalized spacial score (nSPS) is 26.1. The number of aryl methyl sites for hydroxylation is 1. The van der Waals surface area contributed by atoms with Crippen molar-refractivity contribution in [3.05, 3.63) is 65.2 Å². The van der Waals surface area contributed by atoms with E-state index >= 15 is 0 Å². The Kier molecular flexibility index (Phi) is 2.48. The number of carbonyl (C=O) groups is 1. The highest BCUT2D eigenvalue weighted by molar-refractivity contribution is 6.08. The topological polar surface area (TPSA) is 51.0 Å². The van der Waals surface area contributed by atoms with E-state index in [9.17, 15) is 4.79 Å². The predicted octanol–water partition coefficient (Wildman–Crippen LogP) is 3.52. The second kappa shape index (κ2) is 4.25. The molecule has 0 fully saturated rings. The van der Waals surface area contributed by atoms with Gasteiger partial charge in [0, 0.05) is 0 Å². The van der Waals surface area contributed by atoms with Gasteiger partial charge in [-0.1, -0.05) is 36.4 Å². The molecule has 0 radical (unpaired) electrons. The van der Waals surface area contributed by atoms with Gasteiger partial charge in [0.1, 0.15) is 5.75 Å². The smallest absolute Gasteiger partial charge is 0.290 e. The Labute approximate surface area is 122 Å². The number of nitrogens with zero attached hydrogens (tertiary/aromatic N) is 2. The molecule has 1 spiro atoms. The predicted molar refractivity (Wildman–Crippen MR) is 77.8 cm³/mol. The third-order valence-electron chi connectivity index (χ3n) is 4.24. The van der Waals surface area contributed by atoms with Crippen LogP contribution < -0.4 is 4.74 Å². The van der Waals surface area contributed by atoms with E-state index in [0.717, 1.165) is 11.1 Å². The lowest BCUT2D eigenvalue weighted by Crippen LogP contribution is -2.42. The van der Waals surface area contributed by atoms with Crippen molar-refractivity contribution in [2.45, 2.75) is 18.6 Å². The maximum atomic E-state index is 12.8. The lowest BCUT2D eigenvalue weighted by Gasteiger charge is -2.26. The maximum absolute atomic E-state index is 12.8. The summed E-state index contributed by atoms with van der Waals surface area (Å²) in [7, 11) is 0. The van der Waals surface area contributed by atoms with Crippen LogP contribution >= 0.6 is 0 Å². The van der Waals surface area contributed by atoms with Crippen molar-refractivity contribution in [3.63, 3.8) is 0 Å². The van der Waals surface area contributed by atoms with Crippen molar-refractivity contribution >= 4 is 5.78 Å². The van der Waals surface area contributed by atoms with Gasteiger partial charge in [-0.3, -0.25) is 4.79 Å². The molecule has 4 heteroatoms. The molecule has 2 unspecified atom stereocenters. The van der Waals surface area contributed by atoms with E-state index in [1.807, 2.05) is 49.4 Å². The molecule has 0 bridgehead atoms. The molecule has 2 aromatic carbocycles. The first-order valence-corrected chi connectivity index (χ1v) is 6.99. The van der Waals surface area contributed by atoms with Gasteiger partial charge in [-0.05, 0) is 30.2 Å². The summed E-state index contributed by atoms with van der Waals surface area (Å²) in [5, 5.41) is 8.34. The maximum Gasteiger partial charge on any atom is 0.290 e. The van der Waals surface area contributed by atoms with Crippen LogP contribution in [0.4, 0.5) is 0 Å². The number of hydrogen-bond acceptors (Lipinski definition) is 4. The number of benzene rings is 2. The molecule has 0 saturated carbocycles. The fraction of sp³-hybridized carbons (Fsp3) is 0.235. The number of ether oxygens (including phenoxy) is 1. The highest BCUT2D eigenvalue weighted by atomic mass is 16.5. The van der Waals surface area contributed by atoms with Gasteiger partial charge in [0.2, 0.25) is 5.78 Å². The van der Waals surface area contributed by atoms with Gasteiger partial charge in [0.25, 0.3) is 5.72 Å². The van der Waals surface area contributed by atoms with Crippen molar-refractivity contribution < 1.29 is 9.53 Å². The lowest BCUT2D eigenvalue weighted by atomic mass is 9.84. The monoisotopic (exact) mass is 278 g/mol. The van der Waals surface area contributed by atoms with E-state index in [1.165, 1.54) is 0 Å². The third-order valence-corrected chi connectivity index (χ3v) is 4.24. The minimum atomic E-state index is -1.21. The van der Waals surface area contributed by atoms with Crippen molar-refractivity contribution in [3.8, 4) is 5.75 Å². The summed E-state index contributed by atoms with van der Waals surface area (Å²) in [5.41, 5.74) is 1.58. The summed E-state index contributed by atoms with van der Waals surface area (Å²) in [6.07, 6.45) is 0. The van der Waals surface area contributed by atoms with E-state index in [0.29, 0.717) is 17.9 Å². The second-order valence-electron chi connectivity index (χ2n) is 5.46. The van der Waals surface area contributed by atoms with Crippen LogP contribution in [0.5, 0.6) is 5.75 Å². The van der Waals surface area contributed by atoms with E-state index < -0.39 is 5.72 Å². The van der Waals surface area contributed by atoms with Gasteiger partial charge >= 0.3 is 0 Å². The molecule has 2 aliphatic rings. The molecular weight excluding hydrogens is 264 g/mol. The summed E-state index contributed by atoms with van der Waals surface area (Å²) >= 11 is 0. The Morgan fingerprint density at radius 1 is 1.14 bits per heavy atom. The first-order valence-electron chi connectivity index (χ1n) is 6.99. The highest BCUT2D eigenvalue weighted by Crippen LogP contribution is 2.47. The number of rotatable bonds is 1. The van der Waals surface area contributed by atoms with Crippen LogP contribution in [0.2, 0.25) is 0 Å². The van der Waals surface area contributed by atoms with Crippen LogP contribution in [0.25, 0.3) is 0 Å². The Morgan fingerprint density at radius 2 is 1.90 bits per heavy atom. The quantitative estimate of drug-likeness (QED) is 0.801. The molecule has 4 rings (SSSR count). The summed E-state index contributed by atoms with van der Waals surface area (Å²) in [6.45, 7) is 2.51. The molecule has 21 heavy (non-hydrogen) atoms. The summed E-state index contributed by atoms with van der Waals surface area (Å²) in [4.78, 5) is 12.8. The van der Waals surface area contributed by atoms with Crippen LogP contribution in [-0.2, 0) is 0 Å². The lowest BCUT2D eigenvalue weighted by molar-refractivity contribution is 0.0535. The molecule has 2 heterocycles. The summed E-state index contributed by atoms with van der Waals surface area (Å²) in [5.74, 6) is 0.341. The Morgan fingerprint density at radius 3 is 2.71 bits per heavy atom. The van der Waals surface area contributed by atoms with Crippen molar-refractivity contribution in [1.29, 1.82) is 0 Å². The number of carbonyl (C=O) groups excluding carboxylic acids is 1. The number of azo groups is 1. The van der Waals surface area contributed by atoms with Crippen LogP contribution in [0.15, 0.2) is 58.8 Å². The average Bonchev–Trinajstić information content (AvgIpc) is 3.04. The van der Waals surface area contributed by atoms with Crippen molar-refractivity contribution in [2.75, 3.05) is 6.54 Å². The molecule has 0 aromatic heterocycles. The molecule has 0 saturated heterocycles. The molecule has 0 amide bonds. The van der Waals surface area contributed by atoms with Gasteiger partial charge < -0.3 is 4.74 Å². The number of ketones is 1. The molecule has 104 valence electrons. The van der Waals surface area contributed by atoms with E-state index in [4.69, 9.17) is 4.74 Å². The van der Waals surface area contributed by atoms with Gasteiger partial charge in [0.05, 0.1) is 18.0 Å². The molecule has 0 aliphatic carbocycles. The third kappa shape index (κ3) is 1.59. The number of para-hydroxylation sites is 1. The highest BCUT2D eigenvalue weighted by Gasteiger charge is 2.57. The first-order chi connectivity index (χ1) is 10.2. The molecule has 2 atom stereocenters. The zero-order valence-corrected chi connectivity index (χ0v) is 11.6. The standard InChI is InChI=1S/C17H14N2O2/c1-11-6-2-3-7-12(11)14-10-18-19-17(14)16(20)13-8-4-5-9-15(13)21-17/h2-9,14H,10H2,1H3. The Bertz CT molecular complexity index is 769. The second-order valence-corrected chi connectivity index (χ2v) is 5.46. The average molecular weight is 278 g/mol. The van der Waals surface area contributed by atoms with Crippen molar-refractivity contribution in [1.82, 2.24) is 0 Å². The van der Waals surface area contributed by atoms with Gasteiger partial charge in [-0.25, -0.2) is 0 Å². The molecule has 0 N–H and O–H groups in total. The fourth-order valence-corrected chi connectivity index (χ4v) is 3.15. The number of hydrogen-bond donors (Lipinski definition) is 0. The molecule has 2 aromatic rings. The zero-order valence-electron chi connectivity index (χ0n) is 11.6. The zero-order chi connectivity index (χ0) is 14.4. The Balaban J connectivity index is 1.84. The van der Waals surface area contributed by atoms with Gasteiger partial charge in [0.15, 0.2) is 0 Å². The SMILES string of the molecule is Cc1ccccc1C1CN=NC12Oc1ccccc1C2=O. The molecule has 4 nitrogen and oxygen atoms in total. The number of fused-ring (bicyclic) bond motifs is 1. The minimum Gasteiger partial charge on any atom is -0.455 e. The van der Waals surface area contributed by atoms with Crippen LogP contribution in [0.1, 0.15) is 27.4 Å².